The summed E-state index contributed by atoms with van der Waals surface area (Å²) in [5.41, 5.74) is 10.9. The van der Waals surface area contributed by atoms with Crippen LogP contribution in [0.25, 0.3) is 0 Å². The third kappa shape index (κ3) is 5.20. The first-order valence-corrected chi connectivity index (χ1v) is 29.2. The molecule has 1 atom stereocenters. The summed E-state index contributed by atoms with van der Waals surface area (Å²) in [5, 5.41) is 3.90. The van der Waals surface area contributed by atoms with E-state index in [0.29, 0.717) is 0 Å². The number of hydrogen-bond acceptors (Lipinski definition) is 3. The molecule has 1 nitrogen and oxygen atoms in total. The molecule has 0 bridgehead atoms. The van der Waals surface area contributed by atoms with Crippen molar-refractivity contribution in [2.45, 2.75) is 29.1 Å². The molecule has 9 aromatic carbocycles. The Kier molecular flexibility index (Phi) is 8.86. The van der Waals surface area contributed by atoms with E-state index in [-0.39, 0.29) is 0 Å². The van der Waals surface area contributed by atoms with Crippen LogP contribution in [0.2, 0.25) is 0 Å². The summed E-state index contributed by atoms with van der Waals surface area (Å²) >= 11 is 5.35. The van der Waals surface area contributed by atoms with Gasteiger partial charge in [0, 0.05) is 0 Å². The van der Waals surface area contributed by atoms with Crippen LogP contribution in [0.1, 0.15) is 33.4 Å². The summed E-state index contributed by atoms with van der Waals surface area (Å²) in [6.07, 6.45) is 0. The second kappa shape index (κ2) is 14.4. The van der Waals surface area contributed by atoms with Crippen LogP contribution < -0.4 is 38.4 Å². The van der Waals surface area contributed by atoms with Crippen LogP contribution in [0.15, 0.2) is 228 Å². The van der Waals surface area contributed by atoms with Gasteiger partial charge in [-0.05, 0) is 0 Å². The van der Waals surface area contributed by atoms with Gasteiger partial charge < -0.3 is 0 Å². The molecule has 3 heterocycles. The molecular formula is C57H42GeNPS2. The van der Waals surface area contributed by atoms with Crippen molar-refractivity contribution in [3.05, 3.63) is 252 Å². The average Bonchev–Trinajstić information content (AvgIpc) is 3.33. The summed E-state index contributed by atoms with van der Waals surface area (Å²) in [6.45, 7) is 4.49. The first-order valence-electron chi connectivity index (χ1n) is 21.4. The maximum atomic E-state index is 7.27. The van der Waals surface area contributed by atoms with Gasteiger partial charge in [0.2, 0.25) is 0 Å². The van der Waals surface area contributed by atoms with Crippen LogP contribution in [0.5, 0.6) is 0 Å². The molecule has 0 fully saturated rings. The zero-order chi connectivity index (χ0) is 41.6. The molecule has 0 saturated carbocycles. The number of fused-ring (bicyclic) bond motifs is 10. The van der Waals surface area contributed by atoms with Gasteiger partial charge in [0.05, 0.1) is 0 Å². The van der Waals surface area contributed by atoms with Crippen molar-refractivity contribution < 1.29 is 0 Å². The molecule has 1 unspecified atom stereocenters. The number of hydrogen-bond donors (Lipinski definition) is 0. The molecule has 0 aromatic heterocycles. The van der Waals surface area contributed by atoms with Gasteiger partial charge in [0.15, 0.2) is 0 Å². The molecule has 3 aliphatic heterocycles. The molecule has 5 heteroatoms. The minimum absolute atomic E-state index is 0.519. The Labute approximate surface area is 376 Å². The normalized spacial score (nSPS) is 17.2. The summed E-state index contributed by atoms with van der Waals surface area (Å²) < 4.78 is 5.70. The van der Waals surface area contributed by atoms with Crippen molar-refractivity contribution in [2.75, 3.05) is 4.90 Å². The van der Waals surface area contributed by atoms with Crippen LogP contribution in [0.4, 0.5) is 17.1 Å². The minimum atomic E-state index is -3.82. The van der Waals surface area contributed by atoms with Gasteiger partial charge in [-0.15, -0.1) is 0 Å². The Balaban J connectivity index is 1.21. The van der Waals surface area contributed by atoms with Gasteiger partial charge in [0.25, 0.3) is 0 Å². The van der Waals surface area contributed by atoms with E-state index in [0.717, 1.165) is 5.69 Å². The molecule has 0 N–H and O–H groups in total. The van der Waals surface area contributed by atoms with E-state index >= 15 is 0 Å². The first-order chi connectivity index (χ1) is 30.4. The van der Waals surface area contributed by atoms with Gasteiger partial charge in [-0.1, -0.05) is 0 Å². The van der Waals surface area contributed by atoms with E-state index in [1.807, 2.05) is 11.8 Å². The number of rotatable bonds is 4. The van der Waals surface area contributed by atoms with Crippen molar-refractivity contribution in [3.8, 4) is 0 Å². The van der Waals surface area contributed by atoms with Gasteiger partial charge in [-0.3, -0.25) is 0 Å². The van der Waals surface area contributed by atoms with Crippen molar-refractivity contribution in [1.29, 1.82) is 0 Å². The number of anilines is 3. The molecule has 296 valence electrons. The van der Waals surface area contributed by atoms with Gasteiger partial charge in [0.1, 0.15) is 0 Å². The van der Waals surface area contributed by atoms with E-state index in [2.05, 4.69) is 237 Å². The quantitative estimate of drug-likeness (QED) is 0.128. The van der Waals surface area contributed by atoms with Crippen LogP contribution in [0, 0.1) is 13.8 Å². The topological polar surface area (TPSA) is 3.24 Å². The molecular weight excluding hydrogens is 866 g/mol. The van der Waals surface area contributed by atoms with Crippen LogP contribution in [-0.2, 0) is 17.2 Å². The number of nitrogens with zero attached hydrogens (tertiary/aromatic N) is 1. The van der Waals surface area contributed by atoms with Gasteiger partial charge in [-0.2, -0.15) is 0 Å². The standard InChI is InChI=1S/C57H42GeNPS2/c1-39-30-33-51-47(36-39)57(45-24-12-16-28-55(45)62-56-29-17-13-25-46(56)57)48-37-40(2)31-34-52(48)59(51)43-32-35-54-50(38-43)58(41-18-6-3-7-19-41,42-20-8-4-9-21-42)49-26-14-15-27-53(49)60(54,61)44-22-10-5-11-23-44/h3-38H,1-2H3. The molecule has 62 heavy (non-hydrogen) atoms. The van der Waals surface area contributed by atoms with Gasteiger partial charge >= 0.3 is 379 Å². The first kappa shape index (κ1) is 38.0. The van der Waals surface area contributed by atoms with Crippen molar-refractivity contribution in [3.63, 3.8) is 0 Å². The number of benzene rings is 9. The van der Waals surface area contributed by atoms with Crippen LogP contribution in [-0.4, -0.2) is 13.3 Å². The maximum absolute atomic E-state index is 7.27. The van der Waals surface area contributed by atoms with Crippen molar-refractivity contribution in [1.82, 2.24) is 0 Å². The summed E-state index contributed by atoms with van der Waals surface area (Å²) in [4.78, 5) is 5.20. The van der Waals surface area contributed by atoms with E-state index in [1.54, 1.807) is 0 Å². The molecule has 3 aliphatic rings. The third-order valence-electron chi connectivity index (χ3n) is 13.6. The Morgan fingerprint density at radius 2 is 0.935 bits per heavy atom. The zero-order valence-electron chi connectivity index (χ0n) is 34.5. The van der Waals surface area contributed by atoms with Crippen LogP contribution in [0.3, 0.4) is 0 Å². The summed E-state index contributed by atoms with van der Waals surface area (Å²) in [6, 6.07) is 80.6. The zero-order valence-corrected chi connectivity index (χ0v) is 39.1. The monoisotopic (exact) mass is 909 g/mol. The predicted molar refractivity (Wildman–Crippen MR) is 270 cm³/mol. The SMILES string of the molecule is Cc1ccc2c(c1)C1(c3ccccc3Sc3ccccc31)c1cc(C)ccc1N2c1ccc2[c](c1)[Ge]([c]1ccccc1)([c]1ccccc1)[c]1ccccc1P2(=S)c1ccccc1. The Hall–Kier alpha value is -5.68. The van der Waals surface area contributed by atoms with Crippen molar-refractivity contribution >= 4 is 93.4 Å². The predicted octanol–water partition coefficient (Wildman–Crippen LogP) is 10.4. The second-order valence-corrected chi connectivity index (χ2v) is 30.1. The van der Waals surface area contributed by atoms with Gasteiger partial charge in [-0.25, -0.2) is 0 Å². The Morgan fingerprint density at radius 3 is 1.52 bits per heavy atom. The average molecular weight is 909 g/mol. The fourth-order valence-electron chi connectivity index (χ4n) is 11.1. The fraction of sp³-hybridized carbons (Fsp3) is 0.0526. The second-order valence-electron chi connectivity index (χ2n) is 16.9. The Morgan fingerprint density at radius 1 is 0.452 bits per heavy atom. The molecule has 0 saturated heterocycles. The van der Waals surface area contributed by atoms with E-state index in [1.165, 1.54) is 88.0 Å². The molecule has 0 aliphatic carbocycles. The fourth-order valence-corrected chi connectivity index (χ4v) is 31.5. The molecule has 1 spiro atoms. The molecule has 9 aromatic rings. The van der Waals surface area contributed by atoms with Crippen molar-refractivity contribution in [2.24, 2.45) is 0 Å². The van der Waals surface area contributed by atoms with E-state index in [9.17, 15) is 0 Å². The molecule has 12 rings (SSSR count). The Bertz CT molecular complexity index is 3150. The molecule has 0 amide bonds. The summed E-state index contributed by atoms with van der Waals surface area (Å²) in [5.74, 6) is 0. The number of aryl methyl sites for hydroxylation is 2. The third-order valence-corrected chi connectivity index (χ3v) is 30.8. The summed E-state index contributed by atoms with van der Waals surface area (Å²) in [7, 11) is 0. The van der Waals surface area contributed by atoms with E-state index < -0.39 is 24.7 Å². The molecule has 0 radical (unpaired) electrons. The van der Waals surface area contributed by atoms with Crippen LogP contribution >= 0.6 is 17.8 Å². The van der Waals surface area contributed by atoms with E-state index in [4.69, 9.17) is 11.8 Å².